The summed E-state index contributed by atoms with van der Waals surface area (Å²) in [6, 6.07) is 3.70. The van der Waals surface area contributed by atoms with Crippen molar-refractivity contribution in [3.05, 3.63) is 26.6 Å². The van der Waals surface area contributed by atoms with Crippen LogP contribution in [-0.4, -0.2) is 34.8 Å². The standard InChI is InChI=1S/C11H15Br2NO2/c1-2-14(3-4-15)7-8-5-9(12)6-10(13)11(8)16/h5-6,15-16H,2-4,7H2,1H3. The average Bonchev–Trinajstić information content (AvgIpc) is 2.24. The van der Waals surface area contributed by atoms with Gasteiger partial charge in [0.2, 0.25) is 0 Å². The Morgan fingerprint density at radius 3 is 2.56 bits per heavy atom. The molecule has 0 radical (unpaired) electrons. The van der Waals surface area contributed by atoms with Gasteiger partial charge in [-0.05, 0) is 34.6 Å². The van der Waals surface area contributed by atoms with Gasteiger partial charge in [-0.1, -0.05) is 22.9 Å². The molecule has 5 heteroatoms. The summed E-state index contributed by atoms with van der Waals surface area (Å²) in [5.74, 6) is 0.264. The molecule has 0 atom stereocenters. The molecule has 0 aromatic heterocycles. The molecular formula is C11H15Br2NO2. The lowest BCUT2D eigenvalue weighted by Gasteiger charge is -2.20. The number of aromatic hydroxyl groups is 1. The average molecular weight is 353 g/mol. The van der Waals surface area contributed by atoms with Gasteiger partial charge in [-0.3, -0.25) is 4.90 Å². The highest BCUT2D eigenvalue weighted by atomic mass is 79.9. The number of phenolic OH excluding ortho intramolecular Hbond substituents is 1. The molecule has 0 aliphatic carbocycles. The molecule has 0 fully saturated rings. The first kappa shape index (κ1) is 14.0. The third-order valence-corrected chi connectivity index (χ3v) is 3.43. The summed E-state index contributed by atoms with van der Waals surface area (Å²) in [7, 11) is 0. The molecule has 3 nitrogen and oxygen atoms in total. The van der Waals surface area contributed by atoms with Crippen LogP contribution in [0.3, 0.4) is 0 Å². The molecular weight excluding hydrogens is 338 g/mol. The fourth-order valence-electron chi connectivity index (χ4n) is 1.47. The number of phenols is 1. The van der Waals surface area contributed by atoms with Crippen LogP contribution in [0.5, 0.6) is 5.75 Å². The zero-order valence-corrected chi connectivity index (χ0v) is 12.3. The Bertz CT molecular complexity index is 358. The van der Waals surface area contributed by atoms with E-state index in [0.29, 0.717) is 17.6 Å². The summed E-state index contributed by atoms with van der Waals surface area (Å²) in [6.07, 6.45) is 0. The lowest BCUT2D eigenvalue weighted by Crippen LogP contribution is -2.26. The minimum absolute atomic E-state index is 0.129. The number of benzene rings is 1. The van der Waals surface area contributed by atoms with E-state index < -0.39 is 0 Å². The zero-order chi connectivity index (χ0) is 12.1. The highest BCUT2D eigenvalue weighted by Crippen LogP contribution is 2.32. The number of aliphatic hydroxyl groups is 1. The fraction of sp³-hybridized carbons (Fsp3) is 0.455. The third-order valence-electron chi connectivity index (χ3n) is 2.36. The van der Waals surface area contributed by atoms with Crippen LogP contribution in [0, 0.1) is 0 Å². The van der Waals surface area contributed by atoms with Crippen LogP contribution in [0.4, 0.5) is 0 Å². The summed E-state index contributed by atoms with van der Waals surface area (Å²) in [5.41, 5.74) is 0.844. The number of likely N-dealkylation sites (N-methyl/N-ethyl adjacent to an activating group) is 1. The Kier molecular flexibility index (Phi) is 5.75. The second-order valence-corrected chi connectivity index (χ2v) is 5.26. The van der Waals surface area contributed by atoms with Gasteiger partial charge in [-0.25, -0.2) is 0 Å². The molecule has 0 bridgehead atoms. The van der Waals surface area contributed by atoms with Crippen molar-refractivity contribution in [2.75, 3.05) is 19.7 Å². The second kappa shape index (κ2) is 6.59. The SMILES string of the molecule is CCN(CCO)Cc1cc(Br)cc(Br)c1O. The van der Waals surface area contributed by atoms with Crippen molar-refractivity contribution < 1.29 is 10.2 Å². The summed E-state index contributed by atoms with van der Waals surface area (Å²) < 4.78 is 1.60. The quantitative estimate of drug-likeness (QED) is 0.856. The lowest BCUT2D eigenvalue weighted by atomic mass is 10.2. The van der Waals surface area contributed by atoms with Crippen molar-refractivity contribution in [1.82, 2.24) is 4.90 Å². The van der Waals surface area contributed by atoms with Gasteiger partial charge in [0.1, 0.15) is 5.75 Å². The molecule has 90 valence electrons. The molecule has 0 aliphatic heterocycles. The van der Waals surface area contributed by atoms with Crippen LogP contribution < -0.4 is 0 Å². The summed E-state index contributed by atoms with van der Waals surface area (Å²) in [5, 5.41) is 18.8. The van der Waals surface area contributed by atoms with E-state index in [2.05, 4.69) is 36.8 Å². The lowest BCUT2D eigenvalue weighted by molar-refractivity contribution is 0.195. The maximum absolute atomic E-state index is 9.88. The zero-order valence-electron chi connectivity index (χ0n) is 9.08. The predicted octanol–water partition coefficient (Wildman–Crippen LogP) is 2.73. The summed E-state index contributed by atoms with van der Waals surface area (Å²) >= 11 is 6.69. The number of rotatable bonds is 5. The molecule has 0 saturated carbocycles. The molecule has 16 heavy (non-hydrogen) atoms. The molecule has 0 saturated heterocycles. The largest absolute Gasteiger partial charge is 0.506 e. The van der Waals surface area contributed by atoms with Crippen molar-refractivity contribution >= 4 is 31.9 Å². The Labute approximate surface area is 112 Å². The molecule has 0 aliphatic rings. The Hall–Kier alpha value is -0.100. The first-order valence-electron chi connectivity index (χ1n) is 5.08. The van der Waals surface area contributed by atoms with Gasteiger partial charge in [0.25, 0.3) is 0 Å². The van der Waals surface area contributed by atoms with Crippen LogP contribution in [0.2, 0.25) is 0 Å². The maximum atomic E-state index is 9.88. The van der Waals surface area contributed by atoms with Gasteiger partial charge in [-0.2, -0.15) is 0 Å². The van der Waals surface area contributed by atoms with E-state index in [1.807, 2.05) is 13.0 Å². The van der Waals surface area contributed by atoms with Crippen molar-refractivity contribution in [3.63, 3.8) is 0 Å². The number of nitrogens with zero attached hydrogens (tertiary/aromatic N) is 1. The van der Waals surface area contributed by atoms with E-state index in [-0.39, 0.29) is 12.4 Å². The molecule has 0 heterocycles. The van der Waals surface area contributed by atoms with Crippen LogP contribution >= 0.6 is 31.9 Å². The minimum atomic E-state index is 0.129. The summed E-state index contributed by atoms with van der Waals surface area (Å²) in [6.45, 7) is 4.23. The van der Waals surface area contributed by atoms with Crippen molar-refractivity contribution in [2.45, 2.75) is 13.5 Å². The Morgan fingerprint density at radius 1 is 1.31 bits per heavy atom. The van der Waals surface area contributed by atoms with Crippen molar-refractivity contribution in [2.24, 2.45) is 0 Å². The normalized spacial score (nSPS) is 11.1. The molecule has 1 rings (SSSR count). The highest BCUT2D eigenvalue weighted by molar-refractivity contribution is 9.11. The van der Waals surface area contributed by atoms with Crippen LogP contribution in [0.1, 0.15) is 12.5 Å². The third kappa shape index (κ3) is 3.73. The van der Waals surface area contributed by atoms with Gasteiger partial charge >= 0.3 is 0 Å². The highest BCUT2D eigenvalue weighted by Gasteiger charge is 2.10. The van der Waals surface area contributed by atoms with Gasteiger partial charge in [0.05, 0.1) is 11.1 Å². The monoisotopic (exact) mass is 351 g/mol. The molecule has 0 unspecified atom stereocenters. The van der Waals surface area contributed by atoms with Gasteiger partial charge in [0.15, 0.2) is 0 Å². The van der Waals surface area contributed by atoms with E-state index in [4.69, 9.17) is 5.11 Å². The van der Waals surface area contributed by atoms with Crippen molar-refractivity contribution in [1.29, 1.82) is 0 Å². The van der Waals surface area contributed by atoms with Gasteiger partial charge in [0, 0.05) is 23.1 Å². The van der Waals surface area contributed by atoms with E-state index >= 15 is 0 Å². The van der Waals surface area contributed by atoms with E-state index in [0.717, 1.165) is 16.6 Å². The van der Waals surface area contributed by atoms with Crippen LogP contribution in [0.25, 0.3) is 0 Å². The van der Waals surface area contributed by atoms with E-state index in [9.17, 15) is 5.11 Å². The first-order chi connectivity index (χ1) is 7.58. The minimum Gasteiger partial charge on any atom is -0.506 e. The second-order valence-electron chi connectivity index (χ2n) is 3.49. The summed E-state index contributed by atoms with van der Waals surface area (Å²) in [4.78, 5) is 2.06. The van der Waals surface area contributed by atoms with E-state index in [1.54, 1.807) is 6.07 Å². The Morgan fingerprint density at radius 2 is 2.00 bits per heavy atom. The smallest absolute Gasteiger partial charge is 0.134 e. The first-order valence-corrected chi connectivity index (χ1v) is 6.67. The molecule has 1 aromatic carbocycles. The molecule has 2 N–H and O–H groups in total. The number of halogens is 2. The number of aliphatic hydroxyl groups excluding tert-OH is 1. The van der Waals surface area contributed by atoms with E-state index in [1.165, 1.54) is 0 Å². The Balaban J connectivity index is 2.87. The number of hydrogen-bond acceptors (Lipinski definition) is 3. The topological polar surface area (TPSA) is 43.7 Å². The predicted molar refractivity (Wildman–Crippen MR) is 71.5 cm³/mol. The van der Waals surface area contributed by atoms with Crippen molar-refractivity contribution in [3.8, 4) is 5.75 Å². The molecule has 0 amide bonds. The van der Waals surface area contributed by atoms with Crippen LogP contribution in [0.15, 0.2) is 21.1 Å². The van der Waals surface area contributed by atoms with Crippen LogP contribution in [-0.2, 0) is 6.54 Å². The fourth-order valence-corrected chi connectivity index (χ4v) is 2.78. The number of hydrogen-bond donors (Lipinski definition) is 2. The molecule has 1 aromatic rings. The maximum Gasteiger partial charge on any atom is 0.134 e. The van der Waals surface area contributed by atoms with Gasteiger partial charge in [-0.15, -0.1) is 0 Å². The van der Waals surface area contributed by atoms with Gasteiger partial charge < -0.3 is 10.2 Å². The molecule has 0 spiro atoms.